The van der Waals surface area contributed by atoms with Crippen LogP contribution in [-0.2, 0) is 12.8 Å². The number of ether oxygens (including phenoxy) is 1. The standard InChI is InChI=1S/C21H26O3/c1-3-5-9-16-13-14-18(15-17(16)10-6-4-2)24-21(23)19-11-7-8-12-20(19)22/h7-8,11-15,22H,3-6,9-10H2,1-2H3. The molecule has 2 aromatic rings. The molecule has 0 heterocycles. The second-order valence-electron chi connectivity index (χ2n) is 6.04. The minimum Gasteiger partial charge on any atom is -0.507 e. The highest BCUT2D eigenvalue weighted by Crippen LogP contribution is 2.24. The minimum absolute atomic E-state index is 0.0618. The van der Waals surface area contributed by atoms with Crippen LogP contribution >= 0.6 is 0 Å². The van der Waals surface area contributed by atoms with Crippen LogP contribution in [0, 0.1) is 0 Å². The number of phenols is 1. The second-order valence-corrected chi connectivity index (χ2v) is 6.04. The first-order chi connectivity index (χ1) is 11.7. The molecule has 0 saturated carbocycles. The third-order valence-corrected chi connectivity index (χ3v) is 4.11. The van der Waals surface area contributed by atoms with E-state index < -0.39 is 5.97 Å². The predicted octanol–water partition coefficient (Wildman–Crippen LogP) is 5.30. The minimum atomic E-state index is -0.532. The summed E-state index contributed by atoms with van der Waals surface area (Å²) in [5.74, 6) is -0.0567. The van der Waals surface area contributed by atoms with Crippen molar-refractivity contribution >= 4 is 5.97 Å². The van der Waals surface area contributed by atoms with Crippen molar-refractivity contribution in [3.8, 4) is 11.5 Å². The normalized spacial score (nSPS) is 10.6. The van der Waals surface area contributed by atoms with Gasteiger partial charge in [0.25, 0.3) is 0 Å². The van der Waals surface area contributed by atoms with Crippen molar-refractivity contribution < 1.29 is 14.6 Å². The maximum atomic E-state index is 12.2. The molecule has 0 saturated heterocycles. The number of benzene rings is 2. The van der Waals surface area contributed by atoms with Gasteiger partial charge in [0.15, 0.2) is 0 Å². The van der Waals surface area contributed by atoms with Crippen molar-refractivity contribution in [2.45, 2.75) is 52.4 Å². The molecule has 0 aromatic heterocycles. The molecule has 3 nitrogen and oxygen atoms in total. The monoisotopic (exact) mass is 326 g/mol. The highest BCUT2D eigenvalue weighted by molar-refractivity contribution is 5.93. The fourth-order valence-electron chi connectivity index (χ4n) is 2.69. The van der Waals surface area contributed by atoms with E-state index in [0.717, 1.165) is 38.5 Å². The zero-order valence-corrected chi connectivity index (χ0v) is 14.5. The molecule has 0 spiro atoms. The number of carbonyl (C=O) groups is 1. The topological polar surface area (TPSA) is 46.5 Å². The Hall–Kier alpha value is -2.29. The molecule has 0 amide bonds. The molecule has 0 unspecified atom stereocenters. The summed E-state index contributed by atoms with van der Waals surface area (Å²) in [4.78, 5) is 12.2. The van der Waals surface area contributed by atoms with E-state index in [0.29, 0.717) is 5.75 Å². The fraction of sp³-hybridized carbons (Fsp3) is 0.381. The Bertz CT molecular complexity index is 677. The Labute approximate surface area is 144 Å². The Morgan fingerprint density at radius 1 is 0.958 bits per heavy atom. The number of phenolic OH excluding ortho intramolecular Hbond substituents is 1. The zero-order chi connectivity index (χ0) is 17.4. The van der Waals surface area contributed by atoms with Crippen molar-refractivity contribution in [2.24, 2.45) is 0 Å². The first-order valence-electron chi connectivity index (χ1n) is 8.77. The van der Waals surface area contributed by atoms with Crippen molar-refractivity contribution in [3.05, 3.63) is 59.2 Å². The largest absolute Gasteiger partial charge is 0.507 e. The van der Waals surface area contributed by atoms with Crippen LogP contribution in [0.15, 0.2) is 42.5 Å². The number of unbranched alkanes of at least 4 members (excludes halogenated alkanes) is 2. The number of carbonyl (C=O) groups excluding carboxylic acids is 1. The van der Waals surface area contributed by atoms with Crippen LogP contribution in [0.25, 0.3) is 0 Å². The molecule has 2 aromatic carbocycles. The summed E-state index contributed by atoms with van der Waals surface area (Å²) in [6.07, 6.45) is 6.64. The van der Waals surface area contributed by atoms with E-state index in [2.05, 4.69) is 19.9 Å². The average molecular weight is 326 g/mol. The van der Waals surface area contributed by atoms with E-state index in [1.54, 1.807) is 18.2 Å². The number of para-hydroxylation sites is 1. The Morgan fingerprint density at radius 3 is 2.29 bits per heavy atom. The Morgan fingerprint density at radius 2 is 1.62 bits per heavy atom. The van der Waals surface area contributed by atoms with Gasteiger partial charge in [-0.25, -0.2) is 4.79 Å². The van der Waals surface area contributed by atoms with Crippen LogP contribution in [0.2, 0.25) is 0 Å². The van der Waals surface area contributed by atoms with Crippen molar-refractivity contribution in [1.82, 2.24) is 0 Å². The molecule has 3 heteroatoms. The molecule has 0 aliphatic carbocycles. The van der Waals surface area contributed by atoms with Crippen LogP contribution in [0.1, 0.15) is 61.0 Å². The van der Waals surface area contributed by atoms with Crippen LogP contribution in [0.5, 0.6) is 11.5 Å². The van der Waals surface area contributed by atoms with Gasteiger partial charge in [-0.1, -0.05) is 44.9 Å². The lowest BCUT2D eigenvalue weighted by molar-refractivity contribution is 0.0731. The maximum absolute atomic E-state index is 12.2. The first kappa shape index (κ1) is 18.1. The van der Waals surface area contributed by atoms with E-state index in [1.807, 2.05) is 12.1 Å². The molecule has 0 atom stereocenters. The first-order valence-corrected chi connectivity index (χ1v) is 8.77. The molecule has 128 valence electrons. The fourth-order valence-corrected chi connectivity index (χ4v) is 2.69. The summed E-state index contributed by atoms with van der Waals surface area (Å²) in [5.41, 5.74) is 2.78. The predicted molar refractivity (Wildman–Crippen MR) is 96.7 cm³/mol. The number of hydrogen-bond acceptors (Lipinski definition) is 3. The highest BCUT2D eigenvalue weighted by atomic mass is 16.5. The summed E-state index contributed by atoms with van der Waals surface area (Å²) in [5, 5.41) is 9.77. The summed E-state index contributed by atoms with van der Waals surface area (Å²) in [7, 11) is 0. The third-order valence-electron chi connectivity index (χ3n) is 4.11. The molecule has 0 aliphatic rings. The Balaban J connectivity index is 2.17. The summed E-state index contributed by atoms with van der Waals surface area (Å²) >= 11 is 0. The summed E-state index contributed by atoms with van der Waals surface area (Å²) in [6, 6.07) is 12.3. The average Bonchev–Trinajstić information content (AvgIpc) is 2.59. The van der Waals surface area contributed by atoms with Gasteiger partial charge in [0.2, 0.25) is 0 Å². The van der Waals surface area contributed by atoms with Crippen molar-refractivity contribution in [3.63, 3.8) is 0 Å². The zero-order valence-electron chi connectivity index (χ0n) is 14.5. The Kier molecular flexibility index (Phi) is 6.86. The molecule has 24 heavy (non-hydrogen) atoms. The van der Waals surface area contributed by atoms with Crippen molar-refractivity contribution in [2.75, 3.05) is 0 Å². The van der Waals surface area contributed by atoms with Gasteiger partial charge in [-0.2, -0.15) is 0 Å². The van der Waals surface area contributed by atoms with E-state index in [-0.39, 0.29) is 11.3 Å². The van der Waals surface area contributed by atoms with Gasteiger partial charge in [0.1, 0.15) is 17.1 Å². The molecule has 0 radical (unpaired) electrons. The number of hydrogen-bond donors (Lipinski definition) is 1. The smallest absolute Gasteiger partial charge is 0.347 e. The molecule has 0 bridgehead atoms. The molecule has 0 aliphatic heterocycles. The number of esters is 1. The lowest BCUT2D eigenvalue weighted by Gasteiger charge is -2.12. The molecular formula is C21H26O3. The highest BCUT2D eigenvalue weighted by Gasteiger charge is 2.14. The van der Waals surface area contributed by atoms with E-state index in [9.17, 15) is 9.90 Å². The SMILES string of the molecule is CCCCc1ccc(OC(=O)c2ccccc2O)cc1CCCC. The lowest BCUT2D eigenvalue weighted by atomic mass is 9.97. The second kappa shape index (κ2) is 9.11. The van der Waals surface area contributed by atoms with Crippen molar-refractivity contribution in [1.29, 1.82) is 0 Å². The molecule has 2 rings (SSSR count). The number of aryl methyl sites for hydroxylation is 2. The van der Waals surface area contributed by atoms with Gasteiger partial charge >= 0.3 is 5.97 Å². The van der Waals surface area contributed by atoms with Gasteiger partial charge < -0.3 is 9.84 Å². The van der Waals surface area contributed by atoms with Crippen LogP contribution in [-0.4, -0.2) is 11.1 Å². The summed E-state index contributed by atoms with van der Waals surface area (Å²) < 4.78 is 5.46. The molecule has 0 fully saturated rings. The number of aromatic hydroxyl groups is 1. The van der Waals surface area contributed by atoms with E-state index >= 15 is 0 Å². The summed E-state index contributed by atoms with van der Waals surface area (Å²) in [6.45, 7) is 4.36. The van der Waals surface area contributed by atoms with Gasteiger partial charge in [-0.15, -0.1) is 0 Å². The van der Waals surface area contributed by atoms with E-state index in [1.165, 1.54) is 17.2 Å². The lowest BCUT2D eigenvalue weighted by Crippen LogP contribution is -2.09. The van der Waals surface area contributed by atoms with Gasteiger partial charge in [0.05, 0.1) is 0 Å². The molecule has 1 N–H and O–H groups in total. The van der Waals surface area contributed by atoms with Gasteiger partial charge in [-0.3, -0.25) is 0 Å². The number of rotatable bonds is 8. The van der Waals surface area contributed by atoms with Crippen LogP contribution in [0.3, 0.4) is 0 Å². The quantitative estimate of drug-likeness (QED) is 0.529. The molecular weight excluding hydrogens is 300 g/mol. The maximum Gasteiger partial charge on any atom is 0.347 e. The van der Waals surface area contributed by atoms with E-state index in [4.69, 9.17) is 4.74 Å². The van der Waals surface area contributed by atoms with Gasteiger partial charge in [0, 0.05) is 0 Å². The third kappa shape index (κ3) is 4.85. The van der Waals surface area contributed by atoms with Crippen LogP contribution < -0.4 is 4.74 Å². The van der Waals surface area contributed by atoms with Crippen LogP contribution in [0.4, 0.5) is 0 Å². The van der Waals surface area contributed by atoms with Gasteiger partial charge in [-0.05, 0) is 61.1 Å².